The molecule has 1 aliphatic heterocycles. The molecule has 102 valence electrons. The normalized spacial score (nSPS) is 19.2. The molecule has 0 bridgehead atoms. The number of rotatable bonds is 3. The lowest BCUT2D eigenvalue weighted by Crippen LogP contribution is -2.52. The van der Waals surface area contributed by atoms with Crippen LogP contribution in [0.2, 0.25) is 0 Å². The van der Waals surface area contributed by atoms with Crippen molar-refractivity contribution in [1.29, 1.82) is 0 Å². The number of morpholine rings is 1. The number of carboxylic acid groups (broad SMARTS) is 1. The zero-order valence-corrected chi connectivity index (χ0v) is 9.64. The molecule has 1 unspecified atom stereocenters. The number of hydrogen-bond donors (Lipinski definition) is 1. The van der Waals surface area contributed by atoms with Crippen LogP contribution in [0.3, 0.4) is 0 Å². The molecule has 1 fully saturated rings. The van der Waals surface area contributed by atoms with Crippen molar-refractivity contribution in [2.75, 3.05) is 19.8 Å². The van der Waals surface area contributed by atoms with Gasteiger partial charge in [-0.25, -0.2) is 4.79 Å². The zero-order valence-electron chi connectivity index (χ0n) is 9.64. The fourth-order valence-corrected chi connectivity index (χ4v) is 1.73. The van der Waals surface area contributed by atoms with Gasteiger partial charge in [-0.05, 0) is 6.07 Å². The molecule has 1 saturated heterocycles. The molecule has 1 amide bonds. The van der Waals surface area contributed by atoms with Crippen LogP contribution in [0.5, 0.6) is 0 Å². The number of carboxylic acids is 1. The fraction of sp³-hybridized carbons (Fsp3) is 0.400. The second kappa shape index (κ2) is 5.06. The van der Waals surface area contributed by atoms with E-state index in [-0.39, 0.29) is 25.5 Å². The molecule has 1 aromatic heterocycles. The van der Waals surface area contributed by atoms with Crippen LogP contribution in [0.15, 0.2) is 16.5 Å². The summed E-state index contributed by atoms with van der Waals surface area (Å²) in [6.45, 7) is 0.173. The van der Waals surface area contributed by atoms with Gasteiger partial charge in [-0.3, -0.25) is 14.9 Å². The van der Waals surface area contributed by atoms with Crippen LogP contribution in [-0.2, 0) is 9.53 Å². The first-order chi connectivity index (χ1) is 9.00. The van der Waals surface area contributed by atoms with Gasteiger partial charge in [-0.15, -0.1) is 0 Å². The number of aliphatic carboxylic acids is 1. The van der Waals surface area contributed by atoms with Gasteiger partial charge in [0.25, 0.3) is 5.91 Å². The predicted octanol–water partition coefficient (Wildman–Crippen LogP) is 0.113. The summed E-state index contributed by atoms with van der Waals surface area (Å²) >= 11 is 0. The highest BCUT2D eigenvalue weighted by molar-refractivity contribution is 5.94. The minimum Gasteiger partial charge on any atom is -0.480 e. The van der Waals surface area contributed by atoms with E-state index in [9.17, 15) is 19.7 Å². The second-order valence-corrected chi connectivity index (χ2v) is 3.82. The summed E-state index contributed by atoms with van der Waals surface area (Å²) in [6.07, 6.45) is 0. The van der Waals surface area contributed by atoms with E-state index >= 15 is 0 Å². The number of nitrogens with zero attached hydrogens (tertiary/aromatic N) is 2. The van der Waals surface area contributed by atoms with Crippen LogP contribution >= 0.6 is 0 Å². The molecule has 0 spiro atoms. The minimum absolute atomic E-state index is 0.0876. The number of hydrogen-bond acceptors (Lipinski definition) is 6. The molecule has 0 aliphatic carbocycles. The zero-order chi connectivity index (χ0) is 14.0. The number of carbonyl (C=O) groups is 2. The quantitative estimate of drug-likeness (QED) is 0.610. The van der Waals surface area contributed by atoms with E-state index in [1.165, 1.54) is 0 Å². The van der Waals surface area contributed by atoms with Crippen molar-refractivity contribution in [3.63, 3.8) is 0 Å². The Morgan fingerprint density at radius 3 is 2.79 bits per heavy atom. The van der Waals surface area contributed by atoms with E-state index in [2.05, 4.69) is 0 Å². The molecule has 2 rings (SSSR count). The van der Waals surface area contributed by atoms with E-state index in [1.54, 1.807) is 0 Å². The predicted molar refractivity (Wildman–Crippen MR) is 58.6 cm³/mol. The molecule has 1 aliphatic rings. The van der Waals surface area contributed by atoms with Gasteiger partial charge in [-0.1, -0.05) is 0 Å². The average molecular weight is 270 g/mol. The molecule has 9 heteroatoms. The van der Waals surface area contributed by atoms with Crippen LogP contribution in [0.1, 0.15) is 10.6 Å². The first-order valence-corrected chi connectivity index (χ1v) is 5.36. The number of ether oxygens (including phenoxy) is 1. The van der Waals surface area contributed by atoms with Gasteiger partial charge in [0, 0.05) is 6.54 Å². The third-order valence-corrected chi connectivity index (χ3v) is 2.66. The Labute approximate surface area is 106 Å². The summed E-state index contributed by atoms with van der Waals surface area (Å²) in [7, 11) is 0. The van der Waals surface area contributed by atoms with Crippen molar-refractivity contribution in [3.05, 3.63) is 28.0 Å². The number of furan rings is 1. The van der Waals surface area contributed by atoms with Crippen LogP contribution < -0.4 is 0 Å². The Bertz CT molecular complexity index is 524. The molecular formula is C10H10N2O7. The van der Waals surface area contributed by atoms with Gasteiger partial charge >= 0.3 is 11.9 Å². The summed E-state index contributed by atoms with van der Waals surface area (Å²) in [4.78, 5) is 33.8. The molecule has 1 atom stereocenters. The van der Waals surface area contributed by atoms with Crippen molar-refractivity contribution in [3.8, 4) is 0 Å². The van der Waals surface area contributed by atoms with Crippen LogP contribution in [0.4, 0.5) is 5.88 Å². The maximum Gasteiger partial charge on any atom is 0.433 e. The molecule has 0 radical (unpaired) electrons. The highest BCUT2D eigenvalue weighted by Crippen LogP contribution is 2.19. The summed E-state index contributed by atoms with van der Waals surface area (Å²) in [5.74, 6) is -2.73. The van der Waals surface area contributed by atoms with Gasteiger partial charge in [0.1, 0.15) is 4.92 Å². The minimum atomic E-state index is -1.20. The summed E-state index contributed by atoms with van der Waals surface area (Å²) < 4.78 is 9.75. The van der Waals surface area contributed by atoms with E-state index in [4.69, 9.17) is 14.3 Å². The number of nitro groups is 1. The van der Waals surface area contributed by atoms with Gasteiger partial charge in [0.05, 0.1) is 19.3 Å². The van der Waals surface area contributed by atoms with Crippen LogP contribution in [0.25, 0.3) is 0 Å². The van der Waals surface area contributed by atoms with Gasteiger partial charge < -0.3 is 19.2 Å². The summed E-state index contributed by atoms with van der Waals surface area (Å²) in [5.41, 5.74) is 0. The van der Waals surface area contributed by atoms with Gasteiger partial charge in [0.15, 0.2) is 11.8 Å². The van der Waals surface area contributed by atoms with Crippen molar-refractivity contribution in [2.24, 2.45) is 0 Å². The van der Waals surface area contributed by atoms with E-state index in [1.807, 2.05) is 0 Å². The largest absolute Gasteiger partial charge is 0.480 e. The molecule has 1 aromatic rings. The van der Waals surface area contributed by atoms with E-state index < -0.39 is 28.7 Å². The SMILES string of the molecule is O=C(O)C1COCCN1C(=O)c1ccc([N+](=O)[O-])o1. The number of carbonyl (C=O) groups excluding carboxylic acids is 1. The smallest absolute Gasteiger partial charge is 0.433 e. The molecule has 0 saturated carbocycles. The molecule has 0 aromatic carbocycles. The first-order valence-electron chi connectivity index (χ1n) is 5.36. The third-order valence-electron chi connectivity index (χ3n) is 2.66. The van der Waals surface area contributed by atoms with Crippen LogP contribution in [0, 0.1) is 10.1 Å². The second-order valence-electron chi connectivity index (χ2n) is 3.82. The van der Waals surface area contributed by atoms with E-state index in [0.29, 0.717) is 0 Å². The van der Waals surface area contributed by atoms with Gasteiger partial charge in [0.2, 0.25) is 0 Å². The first kappa shape index (κ1) is 13.0. The molecule has 2 heterocycles. The van der Waals surface area contributed by atoms with Gasteiger partial charge in [-0.2, -0.15) is 0 Å². The van der Waals surface area contributed by atoms with Crippen LogP contribution in [-0.4, -0.2) is 52.6 Å². The highest BCUT2D eigenvalue weighted by Gasteiger charge is 2.35. The van der Waals surface area contributed by atoms with Crippen molar-refractivity contribution >= 4 is 17.8 Å². The Kier molecular flexibility index (Phi) is 3.47. The standard InChI is InChI=1S/C10H10N2O7/c13-9(7-1-2-8(19-7)12(16)17)11-3-4-18-5-6(11)10(14)15/h1-2,6H,3-5H2,(H,14,15). The Balaban J connectivity index is 2.21. The number of amides is 1. The van der Waals surface area contributed by atoms with Crippen molar-refractivity contribution in [1.82, 2.24) is 4.90 Å². The summed E-state index contributed by atoms with van der Waals surface area (Å²) in [6, 6.07) is 1.07. The Morgan fingerprint density at radius 2 is 2.21 bits per heavy atom. The lowest BCUT2D eigenvalue weighted by atomic mass is 10.2. The third kappa shape index (κ3) is 2.55. The van der Waals surface area contributed by atoms with Crippen molar-refractivity contribution < 1.29 is 28.8 Å². The average Bonchev–Trinajstić information content (AvgIpc) is 2.87. The Morgan fingerprint density at radius 1 is 1.47 bits per heavy atom. The molecular weight excluding hydrogens is 260 g/mol. The summed E-state index contributed by atoms with van der Waals surface area (Å²) in [5, 5.41) is 19.4. The lowest BCUT2D eigenvalue weighted by Gasteiger charge is -2.32. The maximum atomic E-state index is 12.0. The molecule has 19 heavy (non-hydrogen) atoms. The van der Waals surface area contributed by atoms with E-state index in [0.717, 1.165) is 17.0 Å². The monoisotopic (exact) mass is 270 g/mol. The topological polar surface area (TPSA) is 123 Å². The lowest BCUT2D eigenvalue weighted by molar-refractivity contribution is -0.402. The Hall–Kier alpha value is -2.42. The fourth-order valence-electron chi connectivity index (χ4n) is 1.73. The van der Waals surface area contributed by atoms with Crippen molar-refractivity contribution in [2.45, 2.75) is 6.04 Å². The maximum absolute atomic E-state index is 12.0. The molecule has 1 N–H and O–H groups in total. The molecule has 9 nitrogen and oxygen atoms in total. The highest BCUT2D eigenvalue weighted by atomic mass is 16.6.